The smallest absolute Gasteiger partial charge is 0.238 e. The molecule has 0 saturated carbocycles. The molecule has 0 fully saturated rings. The van der Waals surface area contributed by atoms with Crippen molar-refractivity contribution in [3.8, 4) is 6.07 Å². The first-order chi connectivity index (χ1) is 11.6. The largest absolute Gasteiger partial charge is 0.374 e. The van der Waals surface area contributed by atoms with Gasteiger partial charge in [0.05, 0.1) is 10.8 Å². The maximum Gasteiger partial charge on any atom is 0.238 e. The minimum absolute atomic E-state index is 0.137. The number of nitrogens with two attached hydrogens (primary N) is 1. The maximum atomic E-state index is 12.5. The lowest BCUT2D eigenvalue weighted by atomic mass is 10.1. The second-order valence-electron chi connectivity index (χ2n) is 5.54. The molecule has 9 heteroatoms. The predicted molar refractivity (Wildman–Crippen MR) is 98.6 cm³/mol. The Morgan fingerprint density at radius 3 is 2.83 bits per heavy atom. The zero-order valence-corrected chi connectivity index (χ0v) is 15.6. The molecule has 3 rings (SSSR count). The zero-order chi connectivity index (χ0) is 17.1. The van der Waals surface area contributed by atoms with Gasteiger partial charge in [0.2, 0.25) is 11.0 Å². The van der Waals surface area contributed by atoms with Crippen LogP contribution in [0.25, 0.3) is 0 Å². The molecule has 3 N–H and O–H groups in total. The summed E-state index contributed by atoms with van der Waals surface area (Å²) in [7, 11) is 0. The van der Waals surface area contributed by atoms with Crippen molar-refractivity contribution in [1.82, 2.24) is 10.2 Å². The van der Waals surface area contributed by atoms with E-state index in [0.717, 1.165) is 31.2 Å². The molecule has 1 aliphatic rings. The number of nitriles is 1. The van der Waals surface area contributed by atoms with Crippen LogP contribution in [-0.2, 0) is 17.6 Å². The summed E-state index contributed by atoms with van der Waals surface area (Å²) < 4.78 is 0.664. The first-order valence-electron chi connectivity index (χ1n) is 7.69. The normalized spacial score (nSPS) is 15.2. The van der Waals surface area contributed by atoms with Crippen LogP contribution >= 0.6 is 34.4 Å². The van der Waals surface area contributed by atoms with Gasteiger partial charge in [-0.05, 0) is 38.2 Å². The molecular weight excluding hydrogens is 362 g/mol. The van der Waals surface area contributed by atoms with Crippen LogP contribution in [-0.4, -0.2) is 21.4 Å². The number of rotatable bonds is 4. The molecule has 24 heavy (non-hydrogen) atoms. The molecule has 1 amide bonds. The van der Waals surface area contributed by atoms with Gasteiger partial charge in [0, 0.05) is 4.88 Å². The average molecular weight is 380 g/mol. The number of thioether (sulfide) groups is 1. The lowest BCUT2D eigenvalue weighted by molar-refractivity contribution is -0.115. The Labute approximate surface area is 152 Å². The van der Waals surface area contributed by atoms with Gasteiger partial charge in [0.25, 0.3) is 0 Å². The number of nitrogens with zero attached hydrogens (tertiary/aromatic N) is 3. The standard InChI is InChI=1S/C15H17N5OS3/c1-8(22-15-20-19-14(17)24-15)12(21)18-13-10(7-16)9-5-3-2-4-6-11(9)23-13/h8H,2-6H2,1H3,(H2,17,19)(H,18,21)/t8-/m1/s1. The van der Waals surface area contributed by atoms with Crippen LogP contribution in [0.4, 0.5) is 10.1 Å². The summed E-state index contributed by atoms with van der Waals surface area (Å²) in [5.74, 6) is -0.137. The van der Waals surface area contributed by atoms with Crippen molar-refractivity contribution in [2.24, 2.45) is 0 Å². The van der Waals surface area contributed by atoms with Gasteiger partial charge < -0.3 is 11.1 Å². The van der Waals surface area contributed by atoms with Crippen molar-refractivity contribution in [2.75, 3.05) is 11.1 Å². The number of carbonyl (C=O) groups excluding carboxylic acids is 1. The second kappa shape index (κ2) is 7.51. The number of aromatic nitrogens is 2. The summed E-state index contributed by atoms with van der Waals surface area (Å²) in [6, 6.07) is 2.28. The number of amides is 1. The van der Waals surface area contributed by atoms with Crippen LogP contribution in [0, 0.1) is 11.3 Å². The van der Waals surface area contributed by atoms with Gasteiger partial charge in [-0.25, -0.2) is 0 Å². The summed E-state index contributed by atoms with van der Waals surface area (Å²) in [5, 5.41) is 20.8. The third-order valence-corrected chi connectivity index (χ3v) is 6.98. The van der Waals surface area contributed by atoms with Gasteiger partial charge in [-0.1, -0.05) is 29.5 Å². The molecule has 0 aliphatic heterocycles. The average Bonchev–Trinajstić information content (AvgIpc) is 3.02. The lowest BCUT2D eigenvalue weighted by Crippen LogP contribution is -2.22. The first-order valence-corrected chi connectivity index (χ1v) is 10.2. The first kappa shape index (κ1) is 17.2. The highest BCUT2D eigenvalue weighted by molar-refractivity contribution is 8.02. The fourth-order valence-corrected chi connectivity index (χ4v) is 5.66. The molecule has 2 aromatic rings. The van der Waals surface area contributed by atoms with Crippen LogP contribution in [0.5, 0.6) is 0 Å². The van der Waals surface area contributed by atoms with Crippen LogP contribution in [0.1, 0.15) is 42.2 Å². The van der Waals surface area contributed by atoms with E-state index < -0.39 is 0 Å². The number of aryl methyl sites for hydroxylation is 1. The number of anilines is 2. The Morgan fingerprint density at radius 2 is 2.12 bits per heavy atom. The molecule has 0 saturated heterocycles. The van der Waals surface area contributed by atoms with Gasteiger partial charge in [-0.3, -0.25) is 4.79 Å². The number of hydrogen-bond donors (Lipinski definition) is 2. The van der Waals surface area contributed by atoms with E-state index in [9.17, 15) is 10.1 Å². The molecule has 0 unspecified atom stereocenters. The Kier molecular flexibility index (Phi) is 5.38. The summed E-state index contributed by atoms with van der Waals surface area (Å²) in [6.45, 7) is 1.81. The molecule has 2 heterocycles. The van der Waals surface area contributed by atoms with E-state index in [1.165, 1.54) is 34.4 Å². The highest BCUT2D eigenvalue weighted by Gasteiger charge is 2.23. The Morgan fingerprint density at radius 1 is 1.33 bits per heavy atom. The third kappa shape index (κ3) is 3.71. The zero-order valence-electron chi connectivity index (χ0n) is 13.2. The predicted octanol–water partition coefficient (Wildman–Crippen LogP) is 3.44. The molecule has 0 radical (unpaired) electrons. The minimum Gasteiger partial charge on any atom is -0.374 e. The van der Waals surface area contributed by atoms with Crippen molar-refractivity contribution < 1.29 is 4.79 Å². The van der Waals surface area contributed by atoms with Crippen LogP contribution in [0.15, 0.2) is 4.34 Å². The van der Waals surface area contributed by atoms with Crippen LogP contribution in [0.2, 0.25) is 0 Å². The topological polar surface area (TPSA) is 105 Å². The molecule has 126 valence electrons. The number of hydrogen-bond acceptors (Lipinski definition) is 8. The number of fused-ring (bicyclic) bond motifs is 1. The maximum absolute atomic E-state index is 12.5. The van der Waals surface area contributed by atoms with Gasteiger partial charge in [0.1, 0.15) is 11.1 Å². The molecule has 0 spiro atoms. The Bertz CT molecular complexity index is 792. The van der Waals surface area contributed by atoms with Gasteiger partial charge in [0.15, 0.2) is 4.34 Å². The fraction of sp³-hybridized carbons (Fsp3) is 0.467. The SMILES string of the molecule is C[C@@H](Sc1nnc(N)s1)C(=O)Nc1sc2c(c1C#N)CCCCC2. The highest BCUT2D eigenvalue weighted by Crippen LogP contribution is 2.37. The highest BCUT2D eigenvalue weighted by atomic mass is 32.2. The van der Waals surface area contributed by atoms with Crippen molar-refractivity contribution in [3.63, 3.8) is 0 Å². The van der Waals surface area contributed by atoms with Crippen LogP contribution < -0.4 is 11.1 Å². The van der Waals surface area contributed by atoms with Crippen molar-refractivity contribution in [1.29, 1.82) is 5.26 Å². The quantitative estimate of drug-likeness (QED) is 0.623. The molecule has 1 atom stereocenters. The Balaban J connectivity index is 1.73. The van der Waals surface area contributed by atoms with E-state index in [2.05, 4.69) is 21.6 Å². The summed E-state index contributed by atoms with van der Waals surface area (Å²) in [6.07, 6.45) is 5.39. The Hall–Kier alpha value is -1.63. The van der Waals surface area contributed by atoms with Crippen LogP contribution in [0.3, 0.4) is 0 Å². The van der Waals surface area contributed by atoms with Gasteiger partial charge in [-0.15, -0.1) is 21.5 Å². The van der Waals surface area contributed by atoms with E-state index in [1.807, 2.05) is 6.92 Å². The summed E-state index contributed by atoms with van der Waals surface area (Å²) in [5.41, 5.74) is 7.33. The molecule has 1 aliphatic carbocycles. The summed E-state index contributed by atoms with van der Waals surface area (Å²) in [4.78, 5) is 13.7. The summed E-state index contributed by atoms with van der Waals surface area (Å²) >= 11 is 4.13. The van der Waals surface area contributed by atoms with Crippen molar-refractivity contribution in [3.05, 3.63) is 16.0 Å². The number of nitrogens with one attached hydrogen (secondary N) is 1. The second-order valence-corrected chi connectivity index (χ2v) is 9.24. The van der Waals surface area contributed by atoms with Crippen molar-refractivity contribution >= 4 is 50.5 Å². The van der Waals surface area contributed by atoms with Gasteiger partial charge in [-0.2, -0.15) is 5.26 Å². The van der Waals surface area contributed by atoms with E-state index in [-0.39, 0.29) is 11.2 Å². The number of carbonyl (C=O) groups is 1. The van der Waals surface area contributed by atoms with Gasteiger partial charge >= 0.3 is 0 Å². The number of thiophene rings is 1. The van der Waals surface area contributed by atoms with E-state index in [1.54, 1.807) is 11.3 Å². The third-order valence-electron chi connectivity index (χ3n) is 3.84. The fourth-order valence-electron chi connectivity index (χ4n) is 2.64. The molecule has 6 nitrogen and oxygen atoms in total. The monoisotopic (exact) mass is 379 g/mol. The molecule has 2 aromatic heterocycles. The van der Waals surface area contributed by atoms with E-state index in [4.69, 9.17) is 5.73 Å². The number of nitrogen functional groups attached to an aromatic ring is 1. The minimum atomic E-state index is -0.342. The molecular formula is C15H17N5OS3. The lowest BCUT2D eigenvalue weighted by Gasteiger charge is -2.09. The molecule has 0 aromatic carbocycles. The van der Waals surface area contributed by atoms with Crippen molar-refractivity contribution in [2.45, 2.75) is 48.6 Å². The van der Waals surface area contributed by atoms with E-state index in [0.29, 0.717) is 20.0 Å². The molecule has 0 bridgehead atoms. The van der Waals surface area contributed by atoms with E-state index >= 15 is 0 Å².